The SMILES string of the molecule is CC(=O)CC(=O)CN(CCN(CC(=O)O)CC(Cc1ccc(NC(=O)CCCCC[N+](C)(C)CCC[n+]2ccc(C=C3Sc4ccccc4N3C)c3ccccc32)cc1)NCC(=O)O)CC(=O)O. The first-order valence-corrected chi connectivity index (χ1v) is 23.9. The van der Waals surface area contributed by atoms with Gasteiger partial charge in [-0.2, -0.15) is 4.57 Å². The van der Waals surface area contributed by atoms with Crippen molar-refractivity contribution in [3.05, 3.63) is 101 Å². The molecular formula is C51H67N7O9S+2. The van der Waals surface area contributed by atoms with E-state index in [1.165, 1.54) is 43.9 Å². The molecule has 1 aromatic heterocycles. The van der Waals surface area contributed by atoms with Crippen LogP contribution in [0.2, 0.25) is 0 Å². The number of nitrogens with one attached hydrogen (secondary N) is 2. The maximum Gasteiger partial charge on any atom is 0.317 e. The Morgan fingerprint density at radius 3 is 2.18 bits per heavy atom. The third kappa shape index (κ3) is 17.6. The van der Waals surface area contributed by atoms with Gasteiger partial charge in [0.05, 0.1) is 82.3 Å². The van der Waals surface area contributed by atoms with Crippen LogP contribution in [-0.2, 0) is 41.7 Å². The van der Waals surface area contributed by atoms with E-state index in [2.05, 4.69) is 108 Å². The maximum absolute atomic E-state index is 12.9. The van der Waals surface area contributed by atoms with E-state index < -0.39 is 42.8 Å². The number of benzene rings is 3. The van der Waals surface area contributed by atoms with Crippen molar-refractivity contribution in [2.24, 2.45) is 0 Å². The Hall–Kier alpha value is -5.98. The number of unbranched alkanes of at least 4 members (excludes halogenated alkanes) is 2. The van der Waals surface area contributed by atoms with Crippen LogP contribution in [0.3, 0.4) is 0 Å². The second-order valence-electron chi connectivity index (χ2n) is 18.2. The molecule has 5 N–H and O–H groups in total. The fourth-order valence-corrected chi connectivity index (χ4v) is 9.57. The summed E-state index contributed by atoms with van der Waals surface area (Å²) in [6.45, 7) is 2.89. The summed E-state index contributed by atoms with van der Waals surface area (Å²) >= 11 is 1.80. The van der Waals surface area contributed by atoms with Crippen LogP contribution < -0.4 is 20.1 Å². The molecule has 0 fully saturated rings. The molecule has 1 unspecified atom stereocenters. The number of para-hydroxylation sites is 2. The molecule has 0 radical (unpaired) electrons. The Morgan fingerprint density at radius 1 is 0.794 bits per heavy atom. The van der Waals surface area contributed by atoms with Gasteiger partial charge >= 0.3 is 17.9 Å². The molecule has 0 bridgehead atoms. The van der Waals surface area contributed by atoms with Crippen molar-refractivity contribution in [2.45, 2.75) is 69.4 Å². The Labute approximate surface area is 403 Å². The number of rotatable bonds is 30. The highest BCUT2D eigenvalue weighted by Crippen LogP contribution is 2.45. The van der Waals surface area contributed by atoms with Crippen LogP contribution in [0.15, 0.2) is 95.0 Å². The Morgan fingerprint density at radius 2 is 1.47 bits per heavy atom. The monoisotopic (exact) mass is 953 g/mol. The predicted molar refractivity (Wildman–Crippen MR) is 264 cm³/mol. The van der Waals surface area contributed by atoms with Gasteiger partial charge in [-0.05, 0) is 80.1 Å². The van der Waals surface area contributed by atoms with Crippen molar-refractivity contribution >= 4 is 75.5 Å². The number of Topliss-reactive ketones (excluding diaryl/α,β-unsaturated/α-hetero) is 2. The molecule has 0 saturated carbocycles. The number of aromatic nitrogens is 1. The first kappa shape index (κ1) is 53.0. The minimum absolute atomic E-state index is 0.0300. The van der Waals surface area contributed by atoms with Gasteiger partial charge in [0.15, 0.2) is 18.5 Å². The maximum atomic E-state index is 12.9. The minimum Gasteiger partial charge on any atom is -0.480 e. The Kier molecular flexibility index (Phi) is 20.2. The topological polar surface area (TPSA) is 201 Å². The highest BCUT2D eigenvalue weighted by Gasteiger charge is 2.24. The molecule has 17 heteroatoms. The van der Waals surface area contributed by atoms with Crippen LogP contribution in [0, 0.1) is 0 Å². The first-order chi connectivity index (χ1) is 32.4. The predicted octanol–water partition coefficient (Wildman–Crippen LogP) is 5.24. The normalized spacial score (nSPS) is 13.6. The number of anilines is 2. The van der Waals surface area contributed by atoms with E-state index in [4.69, 9.17) is 0 Å². The average Bonchev–Trinajstić information content (AvgIpc) is 3.59. The molecular weight excluding hydrogens is 887 g/mol. The zero-order valence-corrected chi connectivity index (χ0v) is 40.5. The number of aliphatic carboxylic acids is 3. The number of thioether (sulfide) groups is 1. The number of fused-ring (bicyclic) bond motifs is 2. The molecule has 5 rings (SSSR count). The second kappa shape index (κ2) is 26.0. The summed E-state index contributed by atoms with van der Waals surface area (Å²) in [5, 5.41) is 36.7. The molecule has 4 aromatic rings. The van der Waals surface area contributed by atoms with Crippen LogP contribution in [0.25, 0.3) is 17.0 Å². The highest BCUT2D eigenvalue weighted by molar-refractivity contribution is 8.03. The molecule has 1 amide bonds. The van der Waals surface area contributed by atoms with Gasteiger partial charge in [-0.25, -0.2) is 0 Å². The van der Waals surface area contributed by atoms with Gasteiger partial charge in [0.2, 0.25) is 11.4 Å². The van der Waals surface area contributed by atoms with Gasteiger partial charge in [0.25, 0.3) is 0 Å². The summed E-state index contributed by atoms with van der Waals surface area (Å²) in [4.78, 5) is 77.7. The average molecular weight is 954 g/mol. The molecule has 0 spiro atoms. The Bertz CT molecular complexity index is 2430. The molecule has 1 aliphatic rings. The zero-order valence-electron chi connectivity index (χ0n) is 39.7. The number of pyridine rings is 1. The summed E-state index contributed by atoms with van der Waals surface area (Å²) in [5.41, 5.74) is 5.10. The lowest BCUT2D eigenvalue weighted by atomic mass is 10.0. The smallest absolute Gasteiger partial charge is 0.317 e. The number of carbonyl (C=O) groups is 6. The number of carboxylic acid groups (broad SMARTS) is 3. The highest BCUT2D eigenvalue weighted by atomic mass is 32.2. The molecule has 1 aliphatic heterocycles. The van der Waals surface area contributed by atoms with E-state index in [9.17, 15) is 44.1 Å². The number of carbonyl (C=O) groups excluding carboxylic acids is 3. The fraction of sp³-hybridized carbons (Fsp3) is 0.431. The number of nitrogens with zero attached hydrogens (tertiary/aromatic N) is 5. The number of hydrogen-bond acceptors (Lipinski definition) is 11. The van der Waals surface area contributed by atoms with Crippen molar-refractivity contribution in [3.8, 4) is 0 Å². The first-order valence-electron chi connectivity index (χ1n) is 23.1. The molecule has 0 saturated heterocycles. The fourth-order valence-electron chi connectivity index (χ4n) is 8.47. The van der Waals surface area contributed by atoms with Crippen LogP contribution >= 0.6 is 11.8 Å². The molecule has 3 aromatic carbocycles. The number of ketones is 2. The number of quaternary nitrogens is 1. The van der Waals surface area contributed by atoms with E-state index in [1.54, 1.807) is 28.8 Å². The molecule has 1 atom stereocenters. The second-order valence-corrected chi connectivity index (χ2v) is 19.3. The van der Waals surface area contributed by atoms with E-state index >= 15 is 0 Å². The number of aryl methyl sites for hydroxylation is 1. The quantitative estimate of drug-likeness (QED) is 0.0197. The van der Waals surface area contributed by atoms with Gasteiger partial charge in [0.1, 0.15) is 5.78 Å². The zero-order chi connectivity index (χ0) is 49.2. The van der Waals surface area contributed by atoms with E-state index in [-0.39, 0.29) is 50.8 Å². The van der Waals surface area contributed by atoms with Crippen LogP contribution in [0.1, 0.15) is 56.6 Å². The number of carboxylic acids is 3. The standard InChI is InChI=1S/C51H65N7O9S/c1-37(59)29-42(60)34-56(36-51(66)67)26-25-55(35-50(64)65)33-41(52-32-49(62)63)30-38-18-20-40(21-19-38)53-47(61)17-6-5-11-27-58(3,4)28-12-23-57-24-22-39(43-13-7-8-14-44(43)57)31-48-54(2)45-15-9-10-16-46(45)68-48/h7-10,13-16,18-22,24,31,41,52H,5-6,11-12,17,23,25-30,32-36H2,1-4H3,(H2-2,53,61,62,63,64,65,66,67)/p+2. The van der Waals surface area contributed by atoms with Gasteiger partial charge < -0.3 is 35.3 Å². The van der Waals surface area contributed by atoms with E-state index in [0.29, 0.717) is 18.5 Å². The van der Waals surface area contributed by atoms with Gasteiger partial charge in [-0.15, -0.1) is 0 Å². The summed E-state index contributed by atoms with van der Waals surface area (Å²) < 4.78 is 3.25. The summed E-state index contributed by atoms with van der Waals surface area (Å²) in [7, 11) is 6.65. The third-order valence-electron chi connectivity index (χ3n) is 11.9. The van der Waals surface area contributed by atoms with E-state index in [0.717, 1.165) is 55.4 Å². The number of amides is 1. The lowest BCUT2D eigenvalue weighted by Crippen LogP contribution is -2.48. The van der Waals surface area contributed by atoms with Crippen molar-refractivity contribution in [1.29, 1.82) is 0 Å². The lowest BCUT2D eigenvalue weighted by molar-refractivity contribution is -0.892. The molecule has 68 heavy (non-hydrogen) atoms. The van der Waals surface area contributed by atoms with Crippen LogP contribution in [-0.4, -0.2) is 151 Å². The van der Waals surface area contributed by atoms with Crippen LogP contribution in [0.4, 0.5) is 11.4 Å². The molecule has 16 nitrogen and oxygen atoms in total. The largest absolute Gasteiger partial charge is 0.480 e. The van der Waals surface area contributed by atoms with Crippen molar-refractivity contribution < 1.29 is 53.1 Å². The molecule has 2 heterocycles. The van der Waals surface area contributed by atoms with E-state index in [1.807, 2.05) is 12.1 Å². The van der Waals surface area contributed by atoms with Crippen LogP contribution in [0.5, 0.6) is 0 Å². The molecule has 0 aliphatic carbocycles. The van der Waals surface area contributed by atoms with Gasteiger partial charge in [0, 0.05) is 61.9 Å². The lowest BCUT2D eigenvalue weighted by Gasteiger charge is -2.29. The Balaban J connectivity index is 1.04. The van der Waals surface area contributed by atoms with Crippen molar-refractivity contribution in [2.75, 3.05) is 90.3 Å². The van der Waals surface area contributed by atoms with Crippen molar-refractivity contribution in [1.82, 2.24) is 15.1 Å². The third-order valence-corrected chi connectivity index (χ3v) is 13.0. The summed E-state index contributed by atoms with van der Waals surface area (Å²) in [6.07, 6.45) is 8.62. The van der Waals surface area contributed by atoms with Crippen molar-refractivity contribution in [3.63, 3.8) is 0 Å². The summed E-state index contributed by atoms with van der Waals surface area (Å²) in [6, 6.07) is 26.0. The molecule has 364 valence electrons. The minimum atomic E-state index is -1.18. The summed E-state index contributed by atoms with van der Waals surface area (Å²) in [5.74, 6) is -4.27. The van der Waals surface area contributed by atoms with Gasteiger partial charge in [-0.1, -0.05) is 48.2 Å². The van der Waals surface area contributed by atoms with Gasteiger partial charge in [-0.3, -0.25) is 38.6 Å². The number of hydrogen-bond donors (Lipinski definition) is 5.